The molecule has 0 aliphatic carbocycles. The summed E-state index contributed by atoms with van der Waals surface area (Å²) < 4.78 is 20.0. The van der Waals surface area contributed by atoms with Gasteiger partial charge in [-0.15, -0.1) is 0 Å². The van der Waals surface area contributed by atoms with Crippen LogP contribution in [-0.2, 0) is 5.41 Å². The molecule has 2 heterocycles. The molecule has 0 bridgehead atoms. The lowest BCUT2D eigenvalue weighted by atomic mass is 9.92. The van der Waals surface area contributed by atoms with Crippen molar-refractivity contribution >= 4 is 23.4 Å². The van der Waals surface area contributed by atoms with Gasteiger partial charge in [0.1, 0.15) is 35.2 Å². The average molecular weight is 424 g/mol. The van der Waals surface area contributed by atoms with Gasteiger partial charge < -0.3 is 15.8 Å². The Labute approximate surface area is 177 Å². The van der Waals surface area contributed by atoms with E-state index in [0.29, 0.717) is 5.82 Å². The Hall–Kier alpha value is -4.08. The van der Waals surface area contributed by atoms with Crippen molar-refractivity contribution in [2.24, 2.45) is 5.73 Å². The number of pyridine rings is 1. The smallest absolute Gasteiger partial charge is 0.324 e. The topological polar surface area (TPSA) is 132 Å². The van der Waals surface area contributed by atoms with Crippen molar-refractivity contribution in [3.05, 3.63) is 66.1 Å². The van der Waals surface area contributed by atoms with Gasteiger partial charge in [0.2, 0.25) is 0 Å². The summed E-state index contributed by atoms with van der Waals surface area (Å²) >= 11 is 0. The lowest BCUT2D eigenvalue weighted by molar-refractivity contribution is 0.0995. The van der Waals surface area contributed by atoms with Gasteiger partial charge in [-0.25, -0.2) is 19.2 Å². The number of rotatable bonds is 5. The van der Waals surface area contributed by atoms with Crippen LogP contribution in [0.25, 0.3) is 0 Å². The molecule has 0 unspecified atom stereocenters. The zero-order valence-corrected chi connectivity index (χ0v) is 17.1. The maximum absolute atomic E-state index is 14.4. The van der Waals surface area contributed by atoms with Crippen molar-refractivity contribution < 1.29 is 18.7 Å². The first-order valence-corrected chi connectivity index (χ1v) is 9.25. The van der Waals surface area contributed by atoms with Crippen LogP contribution in [0.3, 0.4) is 0 Å². The second-order valence-corrected chi connectivity index (χ2v) is 7.60. The molecular weight excluding hydrogens is 403 g/mol. The molecule has 0 saturated carbocycles. The number of hydrogen-bond donors (Lipinski definition) is 3. The third-order valence-corrected chi connectivity index (χ3v) is 4.09. The fraction of sp³-hybridized carbons (Fsp3) is 0.190. The molecule has 0 radical (unpaired) electrons. The van der Waals surface area contributed by atoms with Crippen LogP contribution in [0.1, 0.15) is 37.0 Å². The number of nitrogens with two attached hydrogens (primary N) is 1. The Balaban J connectivity index is 1.67. The molecule has 3 aromatic rings. The maximum atomic E-state index is 14.4. The van der Waals surface area contributed by atoms with Crippen molar-refractivity contribution in [3.8, 4) is 11.5 Å². The number of primary amides is 1. The number of nitrogens with one attached hydrogen (secondary N) is 2. The zero-order valence-electron chi connectivity index (χ0n) is 17.1. The minimum atomic E-state index is -0.713. The van der Waals surface area contributed by atoms with Crippen molar-refractivity contribution in [2.45, 2.75) is 26.2 Å². The van der Waals surface area contributed by atoms with E-state index in [1.165, 1.54) is 36.8 Å². The monoisotopic (exact) mass is 424 g/mol. The third-order valence-electron chi connectivity index (χ3n) is 4.09. The van der Waals surface area contributed by atoms with E-state index in [-0.39, 0.29) is 28.3 Å². The molecule has 4 N–H and O–H groups in total. The summed E-state index contributed by atoms with van der Waals surface area (Å²) in [5.74, 6) is -0.702. The lowest BCUT2D eigenvalue weighted by Gasteiger charge is -2.18. The van der Waals surface area contributed by atoms with E-state index < -0.39 is 17.8 Å². The van der Waals surface area contributed by atoms with Crippen LogP contribution in [-0.4, -0.2) is 26.9 Å². The number of benzene rings is 1. The Kier molecular flexibility index (Phi) is 6.10. The van der Waals surface area contributed by atoms with E-state index in [0.717, 1.165) is 11.8 Å². The SMILES string of the molecule is CC(C)(C)c1cc(NC(=O)Nc2ccc(Oc3ccnc(C(N)=O)c3)cc2F)ncn1. The Morgan fingerprint density at radius 1 is 1.00 bits per heavy atom. The molecule has 0 atom stereocenters. The highest BCUT2D eigenvalue weighted by Crippen LogP contribution is 2.26. The van der Waals surface area contributed by atoms with Gasteiger partial charge >= 0.3 is 6.03 Å². The average Bonchev–Trinajstić information content (AvgIpc) is 2.70. The quantitative estimate of drug-likeness (QED) is 0.570. The number of anilines is 2. The molecule has 1 aromatic carbocycles. The summed E-state index contributed by atoms with van der Waals surface area (Å²) in [6.45, 7) is 5.95. The predicted octanol–water partition coefficient (Wildman–Crippen LogP) is 3.84. The third kappa shape index (κ3) is 5.72. The second-order valence-electron chi connectivity index (χ2n) is 7.60. The maximum Gasteiger partial charge on any atom is 0.324 e. The largest absolute Gasteiger partial charge is 0.457 e. The molecule has 2 aromatic heterocycles. The van der Waals surface area contributed by atoms with Gasteiger partial charge in [-0.1, -0.05) is 20.8 Å². The fourth-order valence-electron chi connectivity index (χ4n) is 2.51. The molecule has 0 spiro atoms. The highest BCUT2D eigenvalue weighted by atomic mass is 19.1. The number of hydrogen-bond acceptors (Lipinski definition) is 6. The minimum absolute atomic E-state index is 0.0206. The zero-order chi connectivity index (χ0) is 22.6. The predicted molar refractivity (Wildman–Crippen MR) is 113 cm³/mol. The number of halogens is 1. The van der Waals surface area contributed by atoms with Gasteiger partial charge in [0, 0.05) is 29.8 Å². The van der Waals surface area contributed by atoms with E-state index in [4.69, 9.17) is 10.5 Å². The normalized spacial score (nSPS) is 11.0. The number of amides is 3. The first-order valence-electron chi connectivity index (χ1n) is 9.25. The summed E-state index contributed by atoms with van der Waals surface area (Å²) in [4.78, 5) is 35.4. The molecule has 0 fully saturated rings. The van der Waals surface area contributed by atoms with Crippen LogP contribution >= 0.6 is 0 Å². The molecule has 0 saturated heterocycles. The van der Waals surface area contributed by atoms with E-state index >= 15 is 0 Å². The molecule has 0 aliphatic heterocycles. The van der Waals surface area contributed by atoms with Crippen LogP contribution in [0.15, 0.2) is 48.9 Å². The molecule has 3 amide bonds. The van der Waals surface area contributed by atoms with Crippen LogP contribution < -0.4 is 21.1 Å². The number of carbonyl (C=O) groups is 2. The number of urea groups is 1. The highest BCUT2D eigenvalue weighted by Gasteiger charge is 2.17. The molecule has 31 heavy (non-hydrogen) atoms. The van der Waals surface area contributed by atoms with E-state index in [9.17, 15) is 14.0 Å². The first-order chi connectivity index (χ1) is 14.6. The minimum Gasteiger partial charge on any atom is -0.457 e. The standard InChI is InChI=1S/C21H21FN6O3/c1-21(2,3)17-10-18(26-11-25-17)28-20(30)27-15-5-4-12(8-14(15)22)31-13-6-7-24-16(9-13)19(23)29/h4-11H,1-3H3,(H2,23,29)(H2,25,26,27,28,30). The number of aromatic nitrogens is 3. The molecule has 0 aliphatic rings. The van der Waals surface area contributed by atoms with Crippen LogP contribution in [0, 0.1) is 5.82 Å². The highest BCUT2D eigenvalue weighted by molar-refractivity contribution is 5.99. The Bertz CT molecular complexity index is 1130. The van der Waals surface area contributed by atoms with Crippen LogP contribution in [0.2, 0.25) is 0 Å². The van der Waals surface area contributed by atoms with Gasteiger partial charge in [0.25, 0.3) is 5.91 Å². The summed E-state index contributed by atoms with van der Waals surface area (Å²) in [5, 5.41) is 4.97. The lowest BCUT2D eigenvalue weighted by Crippen LogP contribution is -2.22. The number of carbonyl (C=O) groups excluding carboxylic acids is 2. The van der Waals surface area contributed by atoms with E-state index in [2.05, 4.69) is 25.6 Å². The molecule has 9 nitrogen and oxygen atoms in total. The number of ether oxygens (including phenoxy) is 1. The second kappa shape index (κ2) is 8.74. The first kappa shape index (κ1) is 21.6. The molecule has 160 valence electrons. The van der Waals surface area contributed by atoms with Crippen molar-refractivity contribution in [1.82, 2.24) is 15.0 Å². The summed E-state index contributed by atoms with van der Waals surface area (Å²) in [5.41, 5.74) is 5.68. The van der Waals surface area contributed by atoms with Gasteiger partial charge in [0.15, 0.2) is 0 Å². The Morgan fingerprint density at radius 3 is 2.42 bits per heavy atom. The summed E-state index contributed by atoms with van der Waals surface area (Å²) in [7, 11) is 0. The number of nitrogens with zero attached hydrogens (tertiary/aromatic N) is 3. The van der Waals surface area contributed by atoms with Crippen LogP contribution in [0.5, 0.6) is 11.5 Å². The van der Waals surface area contributed by atoms with E-state index in [1.54, 1.807) is 6.07 Å². The van der Waals surface area contributed by atoms with Crippen LogP contribution in [0.4, 0.5) is 20.7 Å². The summed E-state index contributed by atoms with van der Waals surface area (Å²) in [6, 6.07) is 7.74. The van der Waals surface area contributed by atoms with Gasteiger partial charge in [-0.05, 0) is 18.2 Å². The summed E-state index contributed by atoms with van der Waals surface area (Å²) in [6.07, 6.45) is 2.70. The van der Waals surface area contributed by atoms with Crippen molar-refractivity contribution in [1.29, 1.82) is 0 Å². The molecular formula is C21H21FN6O3. The van der Waals surface area contributed by atoms with Crippen molar-refractivity contribution in [3.63, 3.8) is 0 Å². The fourth-order valence-corrected chi connectivity index (χ4v) is 2.51. The van der Waals surface area contributed by atoms with Gasteiger partial charge in [0.05, 0.1) is 11.4 Å². The van der Waals surface area contributed by atoms with Crippen molar-refractivity contribution in [2.75, 3.05) is 10.6 Å². The van der Waals surface area contributed by atoms with Gasteiger partial charge in [-0.3, -0.25) is 15.1 Å². The van der Waals surface area contributed by atoms with Gasteiger partial charge in [-0.2, -0.15) is 0 Å². The Morgan fingerprint density at radius 2 is 1.74 bits per heavy atom. The van der Waals surface area contributed by atoms with E-state index in [1.807, 2.05) is 20.8 Å². The molecule has 3 rings (SSSR count). The molecule has 10 heteroatoms.